The number of carboxylic acids is 1. The van der Waals surface area contributed by atoms with Gasteiger partial charge in [-0.05, 0) is 18.2 Å². The molecule has 1 saturated heterocycles. The fourth-order valence-electron chi connectivity index (χ4n) is 2.11. The van der Waals surface area contributed by atoms with Crippen LogP contribution >= 0.6 is 11.6 Å². The summed E-state index contributed by atoms with van der Waals surface area (Å²) in [5, 5.41) is 28.4. The van der Waals surface area contributed by atoms with E-state index in [0.29, 0.717) is 0 Å². The Labute approximate surface area is 113 Å². The molecule has 1 amide bonds. The zero-order valence-electron chi connectivity index (χ0n) is 9.78. The van der Waals surface area contributed by atoms with Crippen molar-refractivity contribution >= 4 is 23.5 Å². The van der Waals surface area contributed by atoms with Crippen molar-refractivity contribution < 1.29 is 24.9 Å². The Bertz CT molecular complexity index is 533. The van der Waals surface area contributed by atoms with Gasteiger partial charge in [0, 0.05) is 18.0 Å². The van der Waals surface area contributed by atoms with Crippen molar-refractivity contribution in [1.82, 2.24) is 4.90 Å². The summed E-state index contributed by atoms with van der Waals surface area (Å²) in [6.45, 7) is -0.0716. The molecule has 0 saturated carbocycles. The monoisotopic (exact) mass is 285 g/mol. The van der Waals surface area contributed by atoms with Crippen LogP contribution in [0.2, 0.25) is 5.02 Å². The number of phenols is 1. The number of nitrogens with zero attached hydrogens (tertiary/aromatic N) is 1. The molecule has 0 unspecified atom stereocenters. The minimum Gasteiger partial charge on any atom is -0.507 e. The number of likely N-dealkylation sites (tertiary alicyclic amines) is 1. The van der Waals surface area contributed by atoms with Gasteiger partial charge in [-0.1, -0.05) is 11.6 Å². The molecule has 1 heterocycles. The summed E-state index contributed by atoms with van der Waals surface area (Å²) in [5.41, 5.74) is -0.0373. The zero-order chi connectivity index (χ0) is 14.2. The lowest BCUT2D eigenvalue weighted by molar-refractivity contribution is -0.141. The van der Waals surface area contributed by atoms with Crippen molar-refractivity contribution in [3.05, 3.63) is 28.8 Å². The Morgan fingerprint density at radius 1 is 1.37 bits per heavy atom. The Kier molecular flexibility index (Phi) is 3.64. The highest BCUT2D eigenvalue weighted by Gasteiger charge is 2.39. The third-order valence-corrected chi connectivity index (χ3v) is 3.25. The minimum atomic E-state index is -1.18. The highest BCUT2D eigenvalue weighted by atomic mass is 35.5. The molecule has 0 aliphatic carbocycles. The van der Waals surface area contributed by atoms with Crippen LogP contribution in [-0.2, 0) is 4.79 Å². The number of hydrogen-bond acceptors (Lipinski definition) is 4. The van der Waals surface area contributed by atoms with Crippen molar-refractivity contribution in [3.8, 4) is 5.75 Å². The third kappa shape index (κ3) is 2.64. The normalized spacial score (nSPS) is 22.5. The summed E-state index contributed by atoms with van der Waals surface area (Å²) >= 11 is 5.66. The van der Waals surface area contributed by atoms with Gasteiger partial charge in [0.2, 0.25) is 0 Å². The number of rotatable bonds is 2. The molecule has 1 aliphatic rings. The first-order valence-corrected chi connectivity index (χ1v) is 5.98. The fourth-order valence-corrected chi connectivity index (χ4v) is 2.28. The average Bonchev–Trinajstić information content (AvgIpc) is 2.70. The topological polar surface area (TPSA) is 98.1 Å². The van der Waals surface area contributed by atoms with Crippen LogP contribution in [0.5, 0.6) is 5.75 Å². The van der Waals surface area contributed by atoms with E-state index in [1.54, 1.807) is 0 Å². The summed E-state index contributed by atoms with van der Waals surface area (Å²) in [7, 11) is 0. The van der Waals surface area contributed by atoms with Gasteiger partial charge in [-0.2, -0.15) is 0 Å². The maximum absolute atomic E-state index is 12.2. The number of hydrogen-bond donors (Lipinski definition) is 3. The number of aliphatic hydroxyl groups is 1. The Balaban J connectivity index is 2.30. The number of aliphatic hydroxyl groups excluding tert-OH is 1. The Hall–Kier alpha value is -1.79. The average molecular weight is 286 g/mol. The molecule has 1 fully saturated rings. The van der Waals surface area contributed by atoms with E-state index in [0.717, 1.165) is 4.90 Å². The van der Waals surface area contributed by atoms with Crippen LogP contribution in [-0.4, -0.2) is 50.8 Å². The van der Waals surface area contributed by atoms with E-state index in [1.807, 2.05) is 0 Å². The van der Waals surface area contributed by atoms with Gasteiger partial charge in [0.25, 0.3) is 5.91 Å². The zero-order valence-corrected chi connectivity index (χ0v) is 10.5. The summed E-state index contributed by atoms with van der Waals surface area (Å²) in [6, 6.07) is 2.87. The molecule has 0 radical (unpaired) electrons. The van der Waals surface area contributed by atoms with Gasteiger partial charge in [-0.3, -0.25) is 4.79 Å². The van der Waals surface area contributed by atoms with Gasteiger partial charge in [0.15, 0.2) is 0 Å². The van der Waals surface area contributed by atoms with Crippen molar-refractivity contribution in [2.75, 3.05) is 6.54 Å². The van der Waals surface area contributed by atoms with Crippen molar-refractivity contribution in [3.63, 3.8) is 0 Å². The second kappa shape index (κ2) is 5.07. The first kappa shape index (κ1) is 13.6. The number of phenolic OH excluding ortho intramolecular Hbond substituents is 1. The van der Waals surface area contributed by atoms with Gasteiger partial charge in [0.1, 0.15) is 11.8 Å². The predicted octanol–water partition coefficient (Wildman–Crippen LogP) is 0.706. The molecule has 19 heavy (non-hydrogen) atoms. The molecular formula is C12H12ClNO5. The summed E-state index contributed by atoms with van der Waals surface area (Å²) in [5.74, 6) is -2.14. The van der Waals surface area contributed by atoms with Crippen LogP contribution in [0.3, 0.4) is 0 Å². The molecular weight excluding hydrogens is 274 g/mol. The van der Waals surface area contributed by atoms with E-state index >= 15 is 0 Å². The Morgan fingerprint density at radius 3 is 2.63 bits per heavy atom. The number of halogens is 1. The molecule has 0 aromatic heterocycles. The van der Waals surface area contributed by atoms with Crippen LogP contribution in [0.1, 0.15) is 16.8 Å². The molecule has 6 nitrogen and oxygen atoms in total. The maximum Gasteiger partial charge on any atom is 0.326 e. The first-order valence-electron chi connectivity index (χ1n) is 5.60. The van der Waals surface area contributed by atoms with Crippen molar-refractivity contribution in [2.24, 2.45) is 0 Å². The van der Waals surface area contributed by atoms with E-state index in [9.17, 15) is 19.8 Å². The van der Waals surface area contributed by atoms with Crippen LogP contribution in [0.25, 0.3) is 0 Å². The second-order valence-corrected chi connectivity index (χ2v) is 4.80. The molecule has 1 aromatic rings. The van der Waals surface area contributed by atoms with Crippen molar-refractivity contribution in [2.45, 2.75) is 18.6 Å². The van der Waals surface area contributed by atoms with Gasteiger partial charge in [0.05, 0.1) is 11.7 Å². The molecule has 2 rings (SSSR count). The summed E-state index contributed by atoms with van der Waals surface area (Å²) in [4.78, 5) is 24.3. The molecule has 0 bridgehead atoms. The highest BCUT2D eigenvalue weighted by molar-refractivity contribution is 6.30. The van der Waals surface area contributed by atoms with Crippen LogP contribution in [0, 0.1) is 0 Å². The van der Waals surface area contributed by atoms with Crippen LogP contribution < -0.4 is 0 Å². The molecule has 2 atom stereocenters. The quantitative estimate of drug-likeness (QED) is 0.743. The van der Waals surface area contributed by atoms with Gasteiger partial charge >= 0.3 is 5.97 Å². The van der Waals surface area contributed by atoms with Crippen LogP contribution in [0.15, 0.2) is 18.2 Å². The van der Waals surface area contributed by atoms with E-state index < -0.39 is 24.0 Å². The lowest BCUT2D eigenvalue weighted by atomic mass is 10.1. The van der Waals surface area contributed by atoms with E-state index in [-0.39, 0.29) is 29.3 Å². The van der Waals surface area contributed by atoms with Crippen molar-refractivity contribution in [1.29, 1.82) is 0 Å². The number of aliphatic carboxylic acids is 1. The molecule has 7 heteroatoms. The van der Waals surface area contributed by atoms with Gasteiger partial charge in [-0.25, -0.2) is 4.79 Å². The molecule has 1 aromatic carbocycles. The number of amides is 1. The number of benzene rings is 1. The highest BCUT2D eigenvalue weighted by Crippen LogP contribution is 2.27. The Morgan fingerprint density at radius 2 is 2.05 bits per heavy atom. The summed E-state index contributed by atoms with van der Waals surface area (Å²) in [6.07, 6.45) is -0.894. The molecule has 1 aliphatic heterocycles. The number of aromatic hydroxyl groups is 1. The lowest BCUT2D eigenvalue weighted by Crippen LogP contribution is -2.40. The largest absolute Gasteiger partial charge is 0.507 e. The molecule has 3 N–H and O–H groups in total. The molecule has 102 valence electrons. The SMILES string of the molecule is O=C(O)[C@H]1C[C@@H](O)CN1C(=O)c1ccc(Cl)cc1O. The molecule has 0 spiro atoms. The minimum absolute atomic E-state index is 0.0184. The summed E-state index contributed by atoms with van der Waals surface area (Å²) < 4.78 is 0. The lowest BCUT2D eigenvalue weighted by Gasteiger charge is -2.21. The van der Waals surface area contributed by atoms with E-state index in [4.69, 9.17) is 16.7 Å². The third-order valence-electron chi connectivity index (χ3n) is 3.02. The number of β-amino-alcohol motifs (C(OH)–C–C–N with tert-alkyl or cyclic N) is 1. The van der Waals surface area contributed by atoms with Crippen LogP contribution in [0.4, 0.5) is 0 Å². The standard InChI is InChI=1S/C12H12ClNO5/c13-6-1-2-8(10(16)3-6)11(17)14-5-7(15)4-9(14)12(18)19/h1-3,7,9,15-16H,4-5H2,(H,18,19)/t7-,9-/m1/s1. The smallest absolute Gasteiger partial charge is 0.326 e. The number of carbonyl (C=O) groups excluding carboxylic acids is 1. The second-order valence-electron chi connectivity index (χ2n) is 4.36. The van der Waals surface area contributed by atoms with Gasteiger partial charge < -0.3 is 20.2 Å². The number of carbonyl (C=O) groups is 2. The van der Waals surface area contributed by atoms with Gasteiger partial charge in [-0.15, -0.1) is 0 Å². The fraction of sp³-hybridized carbons (Fsp3) is 0.333. The first-order chi connectivity index (χ1) is 8.90. The number of carboxylic acid groups (broad SMARTS) is 1. The predicted molar refractivity (Wildman–Crippen MR) is 66.2 cm³/mol. The van der Waals surface area contributed by atoms with E-state index in [1.165, 1.54) is 18.2 Å². The maximum atomic E-state index is 12.2. The van der Waals surface area contributed by atoms with E-state index in [2.05, 4.69) is 0 Å².